The summed E-state index contributed by atoms with van der Waals surface area (Å²) >= 11 is 3.33. The molecular formula is C14H13BrFNO2S. The number of alkyl halides is 1. The van der Waals surface area contributed by atoms with Gasteiger partial charge in [-0.1, -0.05) is 28.1 Å². The number of sulfonamides is 1. The minimum Gasteiger partial charge on any atom is -0.280 e. The fourth-order valence-electron chi connectivity index (χ4n) is 1.68. The summed E-state index contributed by atoms with van der Waals surface area (Å²) in [6.45, 7) is 0. The van der Waals surface area contributed by atoms with Crippen molar-refractivity contribution in [3.05, 3.63) is 59.9 Å². The van der Waals surface area contributed by atoms with Gasteiger partial charge in [-0.2, -0.15) is 0 Å². The lowest BCUT2D eigenvalue weighted by molar-refractivity contribution is 0.601. The van der Waals surface area contributed by atoms with E-state index in [0.29, 0.717) is 5.69 Å². The van der Waals surface area contributed by atoms with E-state index in [1.54, 1.807) is 24.3 Å². The Bertz CT molecular complexity index is 669. The normalized spacial score (nSPS) is 11.3. The first-order valence-electron chi connectivity index (χ1n) is 5.94. The van der Waals surface area contributed by atoms with Gasteiger partial charge in [-0.15, -0.1) is 0 Å². The van der Waals surface area contributed by atoms with Crippen molar-refractivity contribution in [2.45, 2.75) is 11.3 Å². The highest BCUT2D eigenvalue weighted by Gasteiger charge is 2.13. The largest absolute Gasteiger partial charge is 0.280 e. The van der Waals surface area contributed by atoms with Crippen LogP contribution >= 0.6 is 15.9 Å². The van der Waals surface area contributed by atoms with Gasteiger partial charge in [0.2, 0.25) is 0 Å². The highest BCUT2D eigenvalue weighted by atomic mass is 79.9. The fraction of sp³-hybridized carbons (Fsp3) is 0.143. The molecule has 3 nitrogen and oxygen atoms in total. The first-order chi connectivity index (χ1) is 9.51. The van der Waals surface area contributed by atoms with Crippen molar-refractivity contribution in [3.63, 3.8) is 0 Å². The minimum absolute atomic E-state index is 0.181. The topological polar surface area (TPSA) is 46.2 Å². The molecule has 106 valence electrons. The number of nitrogens with one attached hydrogen (secondary N) is 1. The van der Waals surface area contributed by atoms with Gasteiger partial charge in [-0.25, -0.2) is 12.8 Å². The van der Waals surface area contributed by atoms with Crippen molar-refractivity contribution in [3.8, 4) is 0 Å². The van der Waals surface area contributed by atoms with Crippen LogP contribution in [0.15, 0.2) is 53.4 Å². The Morgan fingerprint density at radius 2 is 1.60 bits per heavy atom. The first kappa shape index (κ1) is 15.0. The predicted molar refractivity (Wildman–Crippen MR) is 81.1 cm³/mol. The van der Waals surface area contributed by atoms with Gasteiger partial charge in [0.05, 0.1) is 4.90 Å². The standard InChI is InChI=1S/C14H13BrFNO2S/c15-10-9-11-1-7-14(8-2-11)20(18,19)17-13-5-3-12(16)4-6-13/h1-8,17H,9-10H2. The molecule has 0 atom stereocenters. The van der Waals surface area contributed by atoms with E-state index in [9.17, 15) is 12.8 Å². The number of anilines is 1. The quantitative estimate of drug-likeness (QED) is 0.831. The number of hydrogen-bond donors (Lipinski definition) is 1. The molecule has 2 rings (SSSR count). The third kappa shape index (κ3) is 3.80. The van der Waals surface area contributed by atoms with Crippen molar-refractivity contribution in [1.29, 1.82) is 0 Å². The molecular weight excluding hydrogens is 345 g/mol. The van der Waals surface area contributed by atoms with Gasteiger partial charge in [0.15, 0.2) is 0 Å². The lowest BCUT2D eigenvalue weighted by Crippen LogP contribution is -2.12. The zero-order valence-corrected chi connectivity index (χ0v) is 12.9. The molecule has 0 spiro atoms. The van der Waals surface area contributed by atoms with Crippen LogP contribution in [0, 0.1) is 5.82 Å². The van der Waals surface area contributed by atoms with Crippen molar-refractivity contribution >= 4 is 31.6 Å². The van der Waals surface area contributed by atoms with Gasteiger partial charge < -0.3 is 0 Å². The maximum atomic E-state index is 12.8. The van der Waals surface area contributed by atoms with Crippen LogP contribution in [-0.4, -0.2) is 13.7 Å². The highest BCUT2D eigenvalue weighted by molar-refractivity contribution is 9.09. The van der Waals surface area contributed by atoms with Gasteiger partial charge >= 0.3 is 0 Å². The molecule has 2 aromatic rings. The summed E-state index contributed by atoms with van der Waals surface area (Å²) in [5.74, 6) is -0.410. The highest BCUT2D eigenvalue weighted by Crippen LogP contribution is 2.17. The van der Waals surface area contributed by atoms with Crippen LogP contribution in [0.2, 0.25) is 0 Å². The van der Waals surface area contributed by atoms with Gasteiger partial charge in [-0.3, -0.25) is 4.72 Å². The van der Waals surface area contributed by atoms with Crippen molar-refractivity contribution in [2.24, 2.45) is 0 Å². The van der Waals surface area contributed by atoms with E-state index in [0.717, 1.165) is 17.3 Å². The second-order valence-electron chi connectivity index (χ2n) is 4.20. The Hall–Kier alpha value is -1.40. The van der Waals surface area contributed by atoms with Gasteiger partial charge in [0, 0.05) is 11.0 Å². The van der Waals surface area contributed by atoms with Crippen LogP contribution in [0.25, 0.3) is 0 Å². The Morgan fingerprint density at radius 1 is 1.00 bits per heavy atom. The average molecular weight is 358 g/mol. The Kier molecular flexibility index (Phi) is 4.77. The summed E-state index contributed by atoms with van der Waals surface area (Å²) in [7, 11) is -3.64. The molecule has 2 aromatic carbocycles. The molecule has 0 aliphatic rings. The lowest BCUT2D eigenvalue weighted by atomic mass is 10.2. The summed E-state index contributed by atoms with van der Waals surface area (Å²) in [6.07, 6.45) is 0.839. The molecule has 0 fully saturated rings. The molecule has 0 saturated carbocycles. The third-order valence-corrected chi connectivity index (χ3v) is 4.51. The molecule has 1 N–H and O–H groups in total. The smallest absolute Gasteiger partial charge is 0.261 e. The molecule has 0 heterocycles. The molecule has 0 aliphatic carbocycles. The second kappa shape index (κ2) is 6.37. The zero-order chi connectivity index (χ0) is 14.6. The molecule has 0 amide bonds. The maximum absolute atomic E-state index is 12.8. The number of benzene rings is 2. The second-order valence-corrected chi connectivity index (χ2v) is 6.67. The third-order valence-electron chi connectivity index (χ3n) is 2.71. The van der Waals surface area contributed by atoms with E-state index in [1.165, 1.54) is 24.3 Å². The molecule has 6 heteroatoms. The molecule has 0 unspecified atom stereocenters. The van der Waals surface area contributed by atoms with Crippen LogP contribution in [0.3, 0.4) is 0 Å². The van der Waals surface area contributed by atoms with Gasteiger partial charge in [0.1, 0.15) is 5.82 Å². The molecule has 0 radical (unpaired) electrons. The molecule has 0 aromatic heterocycles. The van der Waals surface area contributed by atoms with Crippen molar-refractivity contribution in [2.75, 3.05) is 10.1 Å². The summed E-state index contributed by atoms with van der Waals surface area (Å²) in [6, 6.07) is 11.8. The van der Waals surface area contributed by atoms with Crippen LogP contribution in [0.1, 0.15) is 5.56 Å². The predicted octanol–water partition coefficient (Wildman–Crippen LogP) is 3.56. The van der Waals surface area contributed by atoms with Crippen LogP contribution in [0.4, 0.5) is 10.1 Å². The van der Waals surface area contributed by atoms with E-state index in [2.05, 4.69) is 20.7 Å². The number of halogens is 2. The number of hydrogen-bond acceptors (Lipinski definition) is 2. The van der Waals surface area contributed by atoms with Gasteiger partial charge in [-0.05, 0) is 48.4 Å². The summed E-state index contributed by atoms with van der Waals surface area (Å²) < 4.78 is 39.5. The summed E-state index contributed by atoms with van der Waals surface area (Å²) in [5.41, 5.74) is 1.39. The molecule has 0 aliphatic heterocycles. The minimum atomic E-state index is -3.64. The zero-order valence-electron chi connectivity index (χ0n) is 10.5. The van der Waals surface area contributed by atoms with Crippen LogP contribution in [-0.2, 0) is 16.4 Å². The lowest BCUT2D eigenvalue weighted by Gasteiger charge is -2.08. The van der Waals surface area contributed by atoms with E-state index < -0.39 is 15.8 Å². The van der Waals surface area contributed by atoms with E-state index in [-0.39, 0.29) is 4.90 Å². The summed E-state index contributed by atoms with van der Waals surface area (Å²) in [4.78, 5) is 0.181. The SMILES string of the molecule is O=S(=O)(Nc1ccc(F)cc1)c1ccc(CCBr)cc1. The molecule has 0 saturated heterocycles. The maximum Gasteiger partial charge on any atom is 0.261 e. The average Bonchev–Trinajstić information content (AvgIpc) is 2.42. The van der Waals surface area contributed by atoms with E-state index in [4.69, 9.17) is 0 Å². The Labute approximate surface area is 126 Å². The molecule has 0 bridgehead atoms. The van der Waals surface area contributed by atoms with E-state index >= 15 is 0 Å². The van der Waals surface area contributed by atoms with Crippen LogP contribution < -0.4 is 4.72 Å². The first-order valence-corrected chi connectivity index (χ1v) is 8.55. The fourth-order valence-corrected chi connectivity index (χ4v) is 3.19. The summed E-state index contributed by atoms with van der Waals surface area (Å²) in [5, 5.41) is 0.826. The van der Waals surface area contributed by atoms with Crippen LogP contribution in [0.5, 0.6) is 0 Å². The van der Waals surface area contributed by atoms with E-state index in [1.807, 2.05) is 0 Å². The Morgan fingerprint density at radius 3 is 2.15 bits per heavy atom. The molecule has 20 heavy (non-hydrogen) atoms. The number of rotatable bonds is 5. The van der Waals surface area contributed by atoms with Gasteiger partial charge in [0.25, 0.3) is 10.0 Å². The Balaban J connectivity index is 2.19. The van der Waals surface area contributed by atoms with Crippen molar-refractivity contribution in [1.82, 2.24) is 0 Å². The number of aryl methyl sites for hydroxylation is 1. The van der Waals surface area contributed by atoms with Crippen molar-refractivity contribution < 1.29 is 12.8 Å². The monoisotopic (exact) mass is 357 g/mol.